The van der Waals surface area contributed by atoms with E-state index in [2.05, 4.69) is 18.7 Å². The van der Waals surface area contributed by atoms with Gasteiger partial charge in [-0.2, -0.15) is 0 Å². The second kappa shape index (κ2) is 10.5. The topological polar surface area (TPSA) is 54.9 Å². The molecular formula is C28H29N3O3S. The molecule has 1 amide bonds. The smallest absolute Gasteiger partial charge is 0.240 e. The number of anilines is 1. The van der Waals surface area contributed by atoms with E-state index >= 15 is 0 Å². The summed E-state index contributed by atoms with van der Waals surface area (Å²) in [6.07, 6.45) is 0. The molecule has 0 unspecified atom stereocenters. The Balaban J connectivity index is 1.56. The molecule has 35 heavy (non-hydrogen) atoms. The number of benzene rings is 3. The third-order valence-electron chi connectivity index (χ3n) is 6.42. The Labute approximate surface area is 209 Å². The van der Waals surface area contributed by atoms with E-state index in [1.807, 2.05) is 77.7 Å². The van der Waals surface area contributed by atoms with Crippen molar-refractivity contribution in [2.75, 3.05) is 37.9 Å². The second-order valence-electron chi connectivity index (χ2n) is 8.44. The molecule has 6 nitrogen and oxygen atoms in total. The zero-order valence-electron chi connectivity index (χ0n) is 20.0. The van der Waals surface area contributed by atoms with Crippen LogP contribution in [0.4, 0.5) is 5.13 Å². The van der Waals surface area contributed by atoms with Gasteiger partial charge >= 0.3 is 0 Å². The van der Waals surface area contributed by atoms with Crippen molar-refractivity contribution in [3.05, 3.63) is 83.9 Å². The maximum atomic E-state index is 14.3. The number of carbonyl (C=O) groups excluding carboxylic acids is 1. The van der Waals surface area contributed by atoms with Gasteiger partial charge in [0.25, 0.3) is 0 Å². The van der Waals surface area contributed by atoms with Gasteiger partial charge in [-0.1, -0.05) is 85.8 Å². The van der Waals surface area contributed by atoms with Gasteiger partial charge in [0, 0.05) is 25.2 Å². The summed E-state index contributed by atoms with van der Waals surface area (Å²) in [7, 11) is 0. The van der Waals surface area contributed by atoms with Crippen LogP contribution in [0, 0.1) is 0 Å². The molecule has 0 saturated heterocycles. The number of thiazole rings is 1. The molecule has 0 fully saturated rings. The summed E-state index contributed by atoms with van der Waals surface area (Å²) >= 11 is 1.51. The van der Waals surface area contributed by atoms with Crippen LogP contribution in [0.3, 0.4) is 0 Å². The molecule has 0 N–H and O–H groups in total. The van der Waals surface area contributed by atoms with Crippen molar-refractivity contribution in [2.24, 2.45) is 0 Å². The molecule has 0 atom stereocenters. The van der Waals surface area contributed by atoms with E-state index in [-0.39, 0.29) is 12.7 Å². The van der Waals surface area contributed by atoms with E-state index in [0.29, 0.717) is 17.4 Å². The van der Waals surface area contributed by atoms with Crippen LogP contribution in [0.5, 0.6) is 11.5 Å². The molecule has 0 aliphatic carbocycles. The number of aromatic nitrogens is 1. The summed E-state index contributed by atoms with van der Waals surface area (Å²) in [6.45, 7) is 7.71. The van der Waals surface area contributed by atoms with Gasteiger partial charge in [0.1, 0.15) is 0 Å². The number of fused-ring (bicyclic) bond motifs is 2. The Morgan fingerprint density at radius 2 is 1.51 bits per heavy atom. The Hall–Kier alpha value is -3.42. The van der Waals surface area contributed by atoms with Crippen LogP contribution in [0.25, 0.3) is 10.2 Å². The summed E-state index contributed by atoms with van der Waals surface area (Å²) in [6, 6.07) is 23.8. The number of amides is 1. The molecular weight excluding hydrogens is 458 g/mol. The number of rotatable bonds is 9. The van der Waals surface area contributed by atoms with E-state index in [1.165, 1.54) is 11.3 Å². The Bertz CT molecular complexity index is 1210. The van der Waals surface area contributed by atoms with Crippen LogP contribution in [0.2, 0.25) is 0 Å². The zero-order valence-corrected chi connectivity index (χ0v) is 20.8. The predicted molar refractivity (Wildman–Crippen MR) is 141 cm³/mol. The first-order valence-corrected chi connectivity index (χ1v) is 12.8. The van der Waals surface area contributed by atoms with Gasteiger partial charge in [-0.15, -0.1) is 0 Å². The van der Waals surface area contributed by atoms with Crippen LogP contribution < -0.4 is 14.4 Å². The molecule has 3 aromatic carbocycles. The van der Waals surface area contributed by atoms with Gasteiger partial charge in [0.2, 0.25) is 12.7 Å². The van der Waals surface area contributed by atoms with E-state index in [4.69, 9.17) is 14.5 Å². The lowest BCUT2D eigenvalue weighted by Gasteiger charge is -2.28. The van der Waals surface area contributed by atoms with Gasteiger partial charge in [-0.3, -0.25) is 9.69 Å². The molecule has 0 saturated carbocycles. The summed E-state index contributed by atoms with van der Waals surface area (Å²) in [5.74, 6) is 1.02. The largest absolute Gasteiger partial charge is 0.454 e. The highest BCUT2D eigenvalue weighted by Crippen LogP contribution is 2.40. The molecule has 1 aliphatic heterocycles. The maximum Gasteiger partial charge on any atom is 0.240 e. The summed E-state index contributed by atoms with van der Waals surface area (Å²) in [5.41, 5.74) is 2.75. The minimum Gasteiger partial charge on any atom is -0.454 e. The van der Waals surface area contributed by atoms with Crippen molar-refractivity contribution in [1.29, 1.82) is 0 Å². The minimum absolute atomic E-state index is 0.0219. The zero-order chi connectivity index (χ0) is 24.2. The fourth-order valence-electron chi connectivity index (χ4n) is 4.43. The SMILES string of the molecule is CCN(CC)CCN(C(=O)C(c1ccccc1)c1ccccc1)c1nc2cc3c(cc2s1)OCO3. The van der Waals surface area contributed by atoms with Crippen LogP contribution in [-0.2, 0) is 4.79 Å². The fourth-order valence-corrected chi connectivity index (χ4v) is 5.43. The van der Waals surface area contributed by atoms with Crippen molar-refractivity contribution in [1.82, 2.24) is 9.88 Å². The molecule has 180 valence electrons. The maximum absolute atomic E-state index is 14.3. The minimum atomic E-state index is -0.419. The molecule has 1 aliphatic rings. The Morgan fingerprint density at radius 3 is 2.11 bits per heavy atom. The first-order chi connectivity index (χ1) is 17.2. The molecule has 7 heteroatoms. The average Bonchev–Trinajstić information content (AvgIpc) is 3.52. The van der Waals surface area contributed by atoms with Gasteiger partial charge in [0.15, 0.2) is 16.6 Å². The molecule has 0 radical (unpaired) electrons. The molecule has 2 heterocycles. The predicted octanol–water partition coefficient (Wildman–Crippen LogP) is 5.53. The Morgan fingerprint density at radius 1 is 0.914 bits per heavy atom. The van der Waals surface area contributed by atoms with Crippen LogP contribution in [0.15, 0.2) is 72.8 Å². The first kappa shape index (κ1) is 23.3. The number of ether oxygens (including phenoxy) is 2. The molecule has 1 aromatic heterocycles. The highest BCUT2D eigenvalue weighted by molar-refractivity contribution is 7.22. The fraction of sp³-hybridized carbons (Fsp3) is 0.286. The average molecular weight is 488 g/mol. The van der Waals surface area contributed by atoms with Crippen LogP contribution >= 0.6 is 11.3 Å². The van der Waals surface area contributed by atoms with Crippen molar-refractivity contribution < 1.29 is 14.3 Å². The monoisotopic (exact) mass is 487 g/mol. The van der Waals surface area contributed by atoms with E-state index < -0.39 is 5.92 Å². The highest BCUT2D eigenvalue weighted by atomic mass is 32.1. The normalized spacial score (nSPS) is 12.6. The van der Waals surface area contributed by atoms with Gasteiger partial charge in [-0.05, 0) is 24.2 Å². The van der Waals surface area contributed by atoms with E-state index in [1.54, 1.807) is 0 Å². The summed E-state index contributed by atoms with van der Waals surface area (Å²) < 4.78 is 12.1. The van der Waals surface area contributed by atoms with Crippen molar-refractivity contribution in [3.63, 3.8) is 0 Å². The van der Waals surface area contributed by atoms with Gasteiger partial charge in [0.05, 0.1) is 16.1 Å². The van der Waals surface area contributed by atoms with Crippen molar-refractivity contribution >= 4 is 32.6 Å². The van der Waals surface area contributed by atoms with Crippen molar-refractivity contribution in [3.8, 4) is 11.5 Å². The summed E-state index contributed by atoms with van der Waals surface area (Å²) in [4.78, 5) is 23.4. The number of hydrogen-bond donors (Lipinski definition) is 0. The van der Waals surface area contributed by atoms with Crippen LogP contribution in [0.1, 0.15) is 30.9 Å². The number of carbonyl (C=O) groups is 1. The summed E-state index contributed by atoms with van der Waals surface area (Å²) in [5, 5.41) is 0.692. The lowest BCUT2D eigenvalue weighted by Crippen LogP contribution is -2.41. The molecule has 0 spiro atoms. The van der Waals surface area contributed by atoms with E-state index in [0.717, 1.165) is 46.7 Å². The number of nitrogens with zero attached hydrogens (tertiary/aromatic N) is 3. The highest BCUT2D eigenvalue weighted by Gasteiger charge is 2.30. The van der Waals surface area contributed by atoms with E-state index in [9.17, 15) is 4.79 Å². The second-order valence-corrected chi connectivity index (χ2v) is 9.45. The lowest BCUT2D eigenvalue weighted by atomic mass is 9.90. The lowest BCUT2D eigenvalue weighted by molar-refractivity contribution is -0.119. The standard InChI is InChI=1S/C28H29N3O3S/c1-3-30(4-2)15-16-31(28-29-22-17-23-24(34-19-33-23)18-25(22)35-28)27(32)26(20-11-7-5-8-12-20)21-13-9-6-10-14-21/h5-14,17-18,26H,3-4,15-16,19H2,1-2H3. The van der Waals surface area contributed by atoms with Crippen molar-refractivity contribution in [2.45, 2.75) is 19.8 Å². The molecule has 0 bridgehead atoms. The third-order valence-corrected chi connectivity index (χ3v) is 7.46. The molecule has 5 rings (SSSR count). The Kier molecular flexibility index (Phi) is 6.97. The van der Waals surface area contributed by atoms with Crippen LogP contribution in [-0.4, -0.2) is 48.8 Å². The van der Waals surface area contributed by atoms with Gasteiger partial charge in [-0.25, -0.2) is 4.98 Å². The first-order valence-electron chi connectivity index (χ1n) is 12.0. The number of likely N-dealkylation sites (N-methyl/N-ethyl adjacent to an activating group) is 1. The number of hydrogen-bond acceptors (Lipinski definition) is 6. The van der Waals surface area contributed by atoms with Gasteiger partial charge < -0.3 is 14.4 Å². The molecule has 4 aromatic rings. The quantitative estimate of drug-likeness (QED) is 0.311. The third kappa shape index (κ3) is 4.88.